The fraction of sp³-hybridized carbons (Fsp3) is 0.591. The van der Waals surface area contributed by atoms with E-state index in [9.17, 15) is 26.7 Å². The van der Waals surface area contributed by atoms with Crippen LogP contribution in [0.1, 0.15) is 59.4 Å². The van der Waals surface area contributed by atoms with Gasteiger partial charge in [0, 0.05) is 6.54 Å². The molecule has 1 aliphatic carbocycles. The number of hydrogen-bond acceptors (Lipinski definition) is 2. The first-order chi connectivity index (χ1) is 13.8. The number of carbonyl (C=O) groups excluding carboxylic acids is 1. The summed E-state index contributed by atoms with van der Waals surface area (Å²) >= 11 is 0. The maximum Gasteiger partial charge on any atom is 0.407 e. The zero-order chi connectivity index (χ0) is 22.9. The van der Waals surface area contributed by atoms with Crippen molar-refractivity contribution in [3.63, 3.8) is 0 Å². The number of ether oxygens (including phenoxy) is 1. The Morgan fingerprint density at radius 3 is 2.13 bits per heavy atom. The van der Waals surface area contributed by atoms with E-state index in [1.54, 1.807) is 20.8 Å². The van der Waals surface area contributed by atoms with Crippen LogP contribution < -0.4 is 5.32 Å². The molecule has 3 nitrogen and oxygen atoms in total. The first-order valence-electron chi connectivity index (χ1n) is 9.94. The first-order valence-corrected chi connectivity index (χ1v) is 9.94. The largest absolute Gasteiger partial charge is 0.444 e. The van der Waals surface area contributed by atoms with Crippen molar-refractivity contribution in [2.24, 2.45) is 17.3 Å². The van der Waals surface area contributed by atoms with E-state index in [-0.39, 0.29) is 11.3 Å². The molecule has 1 amide bonds. The molecule has 0 bridgehead atoms. The highest BCUT2D eigenvalue weighted by molar-refractivity contribution is 5.67. The Morgan fingerprint density at radius 2 is 1.63 bits per heavy atom. The van der Waals surface area contributed by atoms with Crippen molar-refractivity contribution >= 4 is 12.2 Å². The highest BCUT2D eigenvalue weighted by atomic mass is 19.2. The minimum absolute atomic E-state index is 0.166. The van der Waals surface area contributed by atoms with Crippen molar-refractivity contribution in [3.8, 4) is 0 Å². The molecule has 168 valence electrons. The number of benzene rings is 1. The predicted octanol–water partition coefficient (Wildman–Crippen LogP) is 6.36. The van der Waals surface area contributed by atoms with E-state index in [2.05, 4.69) is 19.2 Å². The molecule has 1 aromatic carbocycles. The summed E-state index contributed by atoms with van der Waals surface area (Å²) in [7, 11) is 0. The lowest BCUT2D eigenvalue weighted by Gasteiger charge is -2.22. The number of allylic oxidation sites excluding steroid dienone is 1. The average molecular weight is 433 g/mol. The summed E-state index contributed by atoms with van der Waals surface area (Å²) < 4.78 is 73.0. The quantitative estimate of drug-likeness (QED) is 0.309. The van der Waals surface area contributed by atoms with Crippen molar-refractivity contribution in [1.82, 2.24) is 5.32 Å². The van der Waals surface area contributed by atoms with Gasteiger partial charge in [0.15, 0.2) is 23.3 Å². The second-order valence-corrected chi connectivity index (χ2v) is 9.30. The van der Waals surface area contributed by atoms with Crippen LogP contribution in [0.3, 0.4) is 0 Å². The highest BCUT2D eigenvalue weighted by Crippen LogP contribution is 2.57. The van der Waals surface area contributed by atoms with Crippen LogP contribution >= 0.6 is 0 Å². The molecule has 0 unspecified atom stereocenters. The van der Waals surface area contributed by atoms with Crippen LogP contribution in [0.25, 0.3) is 6.08 Å². The molecule has 1 N–H and O–H groups in total. The van der Waals surface area contributed by atoms with E-state index in [0.717, 1.165) is 18.9 Å². The fourth-order valence-electron chi connectivity index (χ4n) is 3.35. The molecule has 0 radical (unpaired) electrons. The molecule has 30 heavy (non-hydrogen) atoms. The normalized spacial score (nSPS) is 21.4. The van der Waals surface area contributed by atoms with Gasteiger partial charge < -0.3 is 10.1 Å². The minimum atomic E-state index is -2.18. The molecular weight excluding hydrogens is 405 g/mol. The number of carbonyl (C=O) groups is 1. The number of halogens is 5. The molecule has 0 aromatic heterocycles. The molecule has 1 saturated carbocycles. The average Bonchev–Trinajstić information content (AvgIpc) is 3.33. The molecule has 2 atom stereocenters. The summed E-state index contributed by atoms with van der Waals surface area (Å²) in [6.07, 6.45) is 4.05. The lowest BCUT2D eigenvalue weighted by molar-refractivity contribution is 0.0513. The Bertz CT molecular complexity index is 803. The van der Waals surface area contributed by atoms with Crippen LogP contribution in [0.15, 0.2) is 6.08 Å². The van der Waals surface area contributed by atoms with Crippen LogP contribution in [0.5, 0.6) is 0 Å². The number of nitrogens with one attached hydrogen (secondary N) is 1. The lowest BCUT2D eigenvalue weighted by Crippen LogP contribution is -2.36. The van der Waals surface area contributed by atoms with Gasteiger partial charge in [0.25, 0.3) is 0 Å². The van der Waals surface area contributed by atoms with Gasteiger partial charge >= 0.3 is 6.09 Å². The van der Waals surface area contributed by atoms with Gasteiger partial charge in [-0.25, -0.2) is 26.7 Å². The number of hydrogen-bond donors (Lipinski definition) is 1. The second-order valence-electron chi connectivity index (χ2n) is 9.30. The van der Waals surface area contributed by atoms with Crippen molar-refractivity contribution < 1.29 is 31.5 Å². The summed E-state index contributed by atoms with van der Waals surface area (Å²) in [5, 5.41) is 2.73. The SMILES string of the molecule is CC(C)CC[C@@]1(CNC(=O)OC(C)(C)C)C[C@@H]1/C=C/c1c(F)c(F)c(F)c(F)c1F. The van der Waals surface area contributed by atoms with E-state index in [0.29, 0.717) is 18.9 Å². The standard InChI is InChI=1S/C22H28F5NO2/c1-12(2)8-9-22(11-28-20(29)30-21(3,4)5)10-13(22)6-7-14-15(23)17(25)19(27)18(26)16(14)24/h6-7,12-13H,8-11H2,1-5H3,(H,28,29)/b7-6+/t13-,22-/m0/s1. The molecule has 1 fully saturated rings. The molecule has 8 heteroatoms. The van der Waals surface area contributed by atoms with Crippen LogP contribution in [0, 0.1) is 46.3 Å². The molecular formula is C22H28F5NO2. The van der Waals surface area contributed by atoms with E-state index in [1.807, 2.05) is 0 Å². The van der Waals surface area contributed by atoms with Gasteiger partial charge in [-0.15, -0.1) is 0 Å². The fourth-order valence-corrected chi connectivity index (χ4v) is 3.35. The van der Waals surface area contributed by atoms with Gasteiger partial charge in [0.1, 0.15) is 5.60 Å². The molecule has 0 aliphatic heterocycles. The minimum Gasteiger partial charge on any atom is -0.444 e. The molecule has 1 aromatic rings. The smallest absolute Gasteiger partial charge is 0.407 e. The number of rotatable bonds is 7. The third-order valence-corrected chi connectivity index (χ3v) is 5.20. The van der Waals surface area contributed by atoms with Crippen molar-refractivity contribution in [2.75, 3.05) is 6.54 Å². The third-order valence-electron chi connectivity index (χ3n) is 5.20. The molecule has 0 spiro atoms. The number of alkyl carbamates (subject to hydrolysis) is 1. The van der Waals surface area contributed by atoms with Gasteiger partial charge in [0.2, 0.25) is 5.82 Å². The van der Waals surface area contributed by atoms with E-state index >= 15 is 0 Å². The van der Waals surface area contributed by atoms with Gasteiger partial charge in [0.05, 0.1) is 5.56 Å². The Balaban J connectivity index is 2.16. The summed E-state index contributed by atoms with van der Waals surface area (Å²) in [4.78, 5) is 12.0. The van der Waals surface area contributed by atoms with E-state index < -0.39 is 46.3 Å². The van der Waals surface area contributed by atoms with Crippen LogP contribution in [-0.4, -0.2) is 18.2 Å². The summed E-state index contributed by atoms with van der Waals surface area (Å²) in [5.41, 5.74) is -1.96. The first kappa shape index (κ1) is 24.2. The predicted molar refractivity (Wildman–Crippen MR) is 104 cm³/mol. The second kappa shape index (κ2) is 8.94. The Labute approximate surface area is 173 Å². The van der Waals surface area contributed by atoms with Gasteiger partial charge in [-0.05, 0) is 50.9 Å². The van der Waals surface area contributed by atoms with Crippen molar-refractivity contribution in [1.29, 1.82) is 0 Å². The van der Waals surface area contributed by atoms with Gasteiger partial charge in [-0.2, -0.15) is 0 Å². The zero-order valence-electron chi connectivity index (χ0n) is 17.8. The van der Waals surface area contributed by atoms with Gasteiger partial charge in [-0.3, -0.25) is 0 Å². The third kappa shape index (κ3) is 5.73. The Hall–Kier alpha value is -2.12. The molecule has 0 heterocycles. The Kier molecular flexibility index (Phi) is 7.20. The summed E-state index contributed by atoms with van der Waals surface area (Å²) in [6, 6.07) is 0. The molecule has 2 rings (SSSR count). The van der Waals surface area contributed by atoms with Crippen molar-refractivity contribution in [3.05, 3.63) is 40.7 Å². The number of amides is 1. The van der Waals surface area contributed by atoms with Crippen LogP contribution in [0.2, 0.25) is 0 Å². The maximum absolute atomic E-state index is 13.9. The van der Waals surface area contributed by atoms with Crippen molar-refractivity contribution in [2.45, 2.75) is 59.5 Å². The molecule has 0 saturated heterocycles. The molecule has 1 aliphatic rings. The topological polar surface area (TPSA) is 38.3 Å². The van der Waals surface area contributed by atoms with Crippen LogP contribution in [0.4, 0.5) is 26.7 Å². The van der Waals surface area contributed by atoms with E-state index in [4.69, 9.17) is 4.74 Å². The summed E-state index contributed by atoms with van der Waals surface area (Å²) in [6.45, 7) is 9.63. The Morgan fingerprint density at radius 1 is 1.10 bits per heavy atom. The van der Waals surface area contributed by atoms with Gasteiger partial charge in [-0.1, -0.05) is 32.4 Å². The summed E-state index contributed by atoms with van der Waals surface area (Å²) in [5.74, 6) is -9.60. The van der Waals surface area contributed by atoms with E-state index in [1.165, 1.54) is 6.08 Å². The zero-order valence-corrected chi connectivity index (χ0v) is 17.8. The highest BCUT2D eigenvalue weighted by Gasteiger charge is 2.52. The lowest BCUT2D eigenvalue weighted by atomic mass is 9.92. The monoisotopic (exact) mass is 433 g/mol. The van der Waals surface area contributed by atoms with Crippen LogP contribution in [-0.2, 0) is 4.74 Å². The maximum atomic E-state index is 13.9.